The second-order valence-corrected chi connectivity index (χ2v) is 5.80. The molecule has 5 heteroatoms. The molecule has 0 fully saturated rings. The maximum absolute atomic E-state index is 10.2. The summed E-state index contributed by atoms with van der Waals surface area (Å²) in [6.07, 6.45) is 1.61. The highest BCUT2D eigenvalue weighted by atomic mass is 16.5. The summed E-state index contributed by atoms with van der Waals surface area (Å²) in [6.45, 7) is 2.06. The number of rotatable bonds is 5. The molecule has 0 saturated carbocycles. The number of benzene rings is 3. The summed E-state index contributed by atoms with van der Waals surface area (Å²) in [6, 6.07) is 21.8. The van der Waals surface area contributed by atoms with Gasteiger partial charge in [-0.25, -0.2) is 0 Å². The van der Waals surface area contributed by atoms with Gasteiger partial charge in [-0.05, 0) is 67.6 Å². The molecule has 0 aliphatic heterocycles. The highest BCUT2D eigenvalue weighted by molar-refractivity contribution is 5.75. The number of carbonyl (C=O) groups is 2. The van der Waals surface area contributed by atoms with E-state index in [4.69, 9.17) is 14.2 Å². The molecular formula is C24H26O5. The van der Waals surface area contributed by atoms with Gasteiger partial charge in [0.15, 0.2) is 0 Å². The molecule has 0 spiro atoms. The van der Waals surface area contributed by atoms with Crippen molar-refractivity contribution in [3.63, 3.8) is 0 Å². The van der Waals surface area contributed by atoms with Crippen LogP contribution in [-0.4, -0.2) is 33.9 Å². The molecule has 0 radical (unpaired) electrons. The van der Waals surface area contributed by atoms with Crippen molar-refractivity contribution in [1.82, 2.24) is 0 Å². The van der Waals surface area contributed by atoms with Crippen LogP contribution in [0.5, 0.6) is 17.2 Å². The van der Waals surface area contributed by atoms with Gasteiger partial charge in [-0.3, -0.25) is 9.59 Å². The van der Waals surface area contributed by atoms with Gasteiger partial charge in [0.2, 0.25) is 0 Å². The van der Waals surface area contributed by atoms with E-state index in [0.29, 0.717) is 11.1 Å². The molecule has 0 unspecified atom stereocenters. The SMILES string of the molecule is COc1ccc(C)cc1.COc1ccc(C=O)cc1.COc1ccc(C=O)cc1. The molecule has 0 saturated heterocycles. The molecule has 0 N–H and O–H groups in total. The Morgan fingerprint density at radius 3 is 1.03 bits per heavy atom. The van der Waals surface area contributed by atoms with Crippen LogP contribution in [0.25, 0.3) is 0 Å². The van der Waals surface area contributed by atoms with E-state index in [1.165, 1.54) is 5.56 Å². The third kappa shape index (κ3) is 9.24. The van der Waals surface area contributed by atoms with E-state index in [1.54, 1.807) is 69.9 Å². The number of ether oxygens (including phenoxy) is 3. The molecule has 0 aliphatic carbocycles. The molecule has 152 valence electrons. The maximum atomic E-state index is 10.2. The predicted molar refractivity (Wildman–Crippen MR) is 114 cm³/mol. The van der Waals surface area contributed by atoms with E-state index in [2.05, 4.69) is 6.92 Å². The molecule has 5 nitrogen and oxygen atoms in total. The first-order valence-corrected chi connectivity index (χ1v) is 8.85. The molecule has 3 aromatic rings. The number of aldehydes is 2. The number of hydrogen-bond acceptors (Lipinski definition) is 5. The lowest BCUT2D eigenvalue weighted by atomic mass is 10.2. The standard InChI is InChI=1S/2C8H8O2.C8H10O/c2*1-10-8-4-2-7(6-9)3-5-8;1-7-3-5-8(9-2)6-4-7/h2*2-6H,1H3;3-6H,1-2H3. The summed E-state index contributed by atoms with van der Waals surface area (Å²) in [7, 11) is 4.86. The molecular weight excluding hydrogens is 368 g/mol. The van der Waals surface area contributed by atoms with Crippen LogP contribution in [0.1, 0.15) is 26.3 Å². The quantitative estimate of drug-likeness (QED) is 0.569. The summed E-state index contributed by atoms with van der Waals surface area (Å²) in [5.74, 6) is 2.46. The van der Waals surface area contributed by atoms with Gasteiger partial charge in [0, 0.05) is 11.1 Å². The Morgan fingerprint density at radius 2 is 0.793 bits per heavy atom. The first-order chi connectivity index (χ1) is 14.1. The zero-order valence-electron chi connectivity index (χ0n) is 17.1. The predicted octanol–water partition coefficient (Wildman–Crippen LogP) is 5.02. The molecule has 0 heterocycles. The zero-order valence-corrected chi connectivity index (χ0v) is 17.1. The number of carbonyl (C=O) groups excluding carboxylic acids is 2. The summed E-state index contributed by atoms with van der Waals surface area (Å²) in [5, 5.41) is 0. The number of methoxy groups -OCH3 is 3. The fourth-order valence-electron chi connectivity index (χ4n) is 2.04. The summed E-state index contributed by atoms with van der Waals surface area (Å²) in [4.78, 5) is 20.3. The van der Waals surface area contributed by atoms with Crippen molar-refractivity contribution in [3.05, 3.63) is 89.5 Å². The van der Waals surface area contributed by atoms with E-state index < -0.39 is 0 Å². The second-order valence-electron chi connectivity index (χ2n) is 5.80. The van der Waals surface area contributed by atoms with Gasteiger partial charge in [0.1, 0.15) is 29.8 Å². The van der Waals surface area contributed by atoms with E-state index in [1.807, 2.05) is 24.3 Å². The topological polar surface area (TPSA) is 61.8 Å². The zero-order chi connectivity index (χ0) is 21.5. The normalized spacial score (nSPS) is 8.97. The van der Waals surface area contributed by atoms with Gasteiger partial charge in [-0.15, -0.1) is 0 Å². The Hall–Kier alpha value is -3.60. The van der Waals surface area contributed by atoms with Crippen LogP contribution in [0.15, 0.2) is 72.8 Å². The van der Waals surface area contributed by atoms with E-state index in [0.717, 1.165) is 29.8 Å². The van der Waals surface area contributed by atoms with Crippen molar-refractivity contribution in [3.8, 4) is 17.2 Å². The van der Waals surface area contributed by atoms with Crippen LogP contribution < -0.4 is 14.2 Å². The smallest absolute Gasteiger partial charge is 0.150 e. The average molecular weight is 394 g/mol. The van der Waals surface area contributed by atoms with Gasteiger partial charge < -0.3 is 14.2 Å². The van der Waals surface area contributed by atoms with Crippen molar-refractivity contribution in [2.75, 3.05) is 21.3 Å². The van der Waals surface area contributed by atoms with Crippen molar-refractivity contribution in [2.45, 2.75) is 6.92 Å². The van der Waals surface area contributed by atoms with Gasteiger partial charge in [0.25, 0.3) is 0 Å². The molecule has 29 heavy (non-hydrogen) atoms. The third-order valence-corrected chi connectivity index (χ3v) is 3.76. The van der Waals surface area contributed by atoms with Gasteiger partial charge in [0.05, 0.1) is 21.3 Å². The van der Waals surface area contributed by atoms with Crippen molar-refractivity contribution in [1.29, 1.82) is 0 Å². The average Bonchev–Trinajstić information content (AvgIpc) is 2.80. The van der Waals surface area contributed by atoms with E-state index in [9.17, 15) is 9.59 Å². The minimum Gasteiger partial charge on any atom is -0.497 e. The summed E-state index contributed by atoms with van der Waals surface area (Å²) >= 11 is 0. The molecule has 0 aliphatic rings. The Kier molecular flexibility index (Phi) is 11.0. The van der Waals surface area contributed by atoms with Crippen LogP contribution in [-0.2, 0) is 0 Å². The van der Waals surface area contributed by atoms with Crippen molar-refractivity contribution >= 4 is 12.6 Å². The van der Waals surface area contributed by atoms with E-state index in [-0.39, 0.29) is 0 Å². The highest BCUT2D eigenvalue weighted by Gasteiger charge is 1.90. The fourth-order valence-corrected chi connectivity index (χ4v) is 2.04. The summed E-state index contributed by atoms with van der Waals surface area (Å²) < 4.78 is 14.8. The van der Waals surface area contributed by atoms with Crippen molar-refractivity contribution in [2.24, 2.45) is 0 Å². The monoisotopic (exact) mass is 394 g/mol. The number of aryl methyl sites for hydroxylation is 1. The highest BCUT2D eigenvalue weighted by Crippen LogP contribution is 2.10. The lowest BCUT2D eigenvalue weighted by Gasteiger charge is -1.97. The molecule has 0 aromatic heterocycles. The Morgan fingerprint density at radius 1 is 0.517 bits per heavy atom. The van der Waals surface area contributed by atoms with Gasteiger partial charge in [-0.1, -0.05) is 17.7 Å². The lowest BCUT2D eigenvalue weighted by molar-refractivity contribution is 0.111. The lowest BCUT2D eigenvalue weighted by Crippen LogP contribution is -1.82. The van der Waals surface area contributed by atoms with E-state index >= 15 is 0 Å². The van der Waals surface area contributed by atoms with Crippen molar-refractivity contribution < 1.29 is 23.8 Å². The van der Waals surface area contributed by atoms with Gasteiger partial charge in [-0.2, -0.15) is 0 Å². The van der Waals surface area contributed by atoms with Crippen LogP contribution in [0.2, 0.25) is 0 Å². The van der Waals surface area contributed by atoms with Crippen LogP contribution in [0.3, 0.4) is 0 Å². The first-order valence-electron chi connectivity index (χ1n) is 8.85. The maximum Gasteiger partial charge on any atom is 0.150 e. The van der Waals surface area contributed by atoms with Crippen LogP contribution in [0, 0.1) is 6.92 Å². The third-order valence-electron chi connectivity index (χ3n) is 3.76. The van der Waals surface area contributed by atoms with Crippen LogP contribution >= 0.6 is 0 Å². The molecule has 0 bridgehead atoms. The first kappa shape index (κ1) is 23.4. The Labute approximate surface area is 171 Å². The van der Waals surface area contributed by atoms with Gasteiger partial charge >= 0.3 is 0 Å². The second kappa shape index (κ2) is 13.6. The number of hydrogen-bond donors (Lipinski definition) is 0. The van der Waals surface area contributed by atoms with Crippen LogP contribution in [0.4, 0.5) is 0 Å². The molecule has 0 amide bonds. The Balaban J connectivity index is 0.000000218. The minimum absolute atomic E-state index is 0.667. The largest absolute Gasteiger partial charge is 0.497 e. The Bertz CT molecular complexity index is 786. The minimum atomic E-state index is 0.667. The fraction of sp³-hybridized carbons (Fsp3) is 0.167. The molecule has 3 aromatic carbocycles. The molecule has 0 atom stereocenters. The molecule has 3 rings (SSSR count). The summed E-state index contributed by atoms with van der Waals surface area (Å²) in [5.41, 5.74) is 2.59.